The van der Waals surface area contributed by atoms with E-state index in [1.54, 1.807) is 6.08 Å². The maximum absolute atomic E-state index is 12.0. The van der Waals surface area contributed by atoms with Gasteiger partial charge in [-0.1, -0.05) is 180 Å². The summed E-state index contributed by atoms with van der Waals surface area (Å²) in [7, 11) is 0. The van der Waals surface area contributed by atoms with E-state index in [1.807, 2.05) is 12.2 Å². The van der Waals surface area contributed by atoms with Gasteiger partial charge >= 0.3 is 11.9 Å². The molecule has 0 aliphatic heterocycles. The van der Waals surface area contributed by atoms with Gasteiger partial charge in [-0.25, -0.2) is 0 Å². The molecule has 0 fully saturated rings. The quantitative estimate of drug-likeness (QED) is 0.0300. The molecule has 0 heterocycles. The molecule has 0 amide bonds. The van der Waals surface area contributed by atoms with Gasteiger partial charge in [0.15, 0.2) is 5.78 Å². The second-order valence-electron chi connectivity index (χ2n) is 14.2. The number of ether oxygens (including phenoxy) is 2. The first-order chi connectivity index (χ1) is 24.0. The Labute approximate surface area is 302 Å². The number of aliphatic hydroxyl groups is 1. The summed E-state index contributed by atoms with van der Waals surface area (Å²) in [5.41, 5.74) is 0. The van der Waals surface area contributed by atoms with Crippen molar-refractivity contribution in [2.45, 2.75) is 219 Å². The van der Waals surface area contributed by atoms with Crippen LogP contribution >= 0.6 is 0 Å². The predicted octanol–water partition coefficient (Wildman–Crippen LogP) is 12.2. The molecule has 49 heavy (non-hydrogen) atoms. The Balaban J connectivity index is 3.47. The molecule has 0 rings (SSSR count). The van der Waals surface area contributed by atoms with Gasteiger partial charge in [0.25, 0.3) is 0 Å². The fraction of sp³-hybridized carbons (Fsp3) is 0.837. The monoisotopic (exact) mass is 691 g/mol. The first-order valence-corrected chi connectivity index (χ1v) is 20.8. The minimum Gasteiger partial charge on any atom is -0.463 e. The van der Waals surface area contributed by atoms with Gasteiger partial charge in [-0.2, -0.15) is 0 Å². The zero-order chi connectivity index (χ0) is 35.9. The Morgan fingerprint density at radius 2 is 0.816 bits per heavy atom. The van der Waals surface area contributed by atoms with Crippen molar-refractivity contribution in [1.29, 1.82) is 0 Å². The molecule has 0 saturated heterocycles. The molecule has 0 aliphatic rings. The van der Waals surface area contributed by atoms with Crippen LogP contribution in [0.1, 0.15) is 213 Å². The second-order valence-corrected chi connectivity index (χ2v) is 14.2. The first kappa shape index (κ1) is 47.0. The van der Waals surface area contributed by atoms with Gasteiger partial charge in [0.2, 0.25) is 0 Å². The highest BCUT2D eigenvalue weighted by molar-refractivity contribution is 5.89. The Kier molecular flexibility index (Phi) is 37.3. The van der Waals surface area contributed by atoms with Crippen LogP contribution in [0.2, 0.25) is 0 Å². The normalized spacial score (nSPS) is 12.2. The first-order valence-electron chi connectivity index (χ1n) is 20.8. The van der Waals surface area contributed by atoms with E-state index in [9.17, 15) is 19.5 Å². The average molecular weight is 691 g/mol. The summed E-state index contributed by atoms with van der Waals surface area (Å²) in [6.45, 7) is 4.17. The average Bonchev–Trinajstić information content (AvgIpc) is 3.10. The van der Waals surface area contributed by atoms with Gasteiger partial charge < -0.3 is 14.6 Å². The van der Waals surface area contributed by atoms with Crippen LogP contribution in [0, 0.1) is 0 Å². The van der Waals surface area contributed by atoms with Crippen LogP contribution in [0.4, 0.5) is 0 Å². The molecule has 0 unspecified atom stereocenters. The fourth-order valence-electron chi connectivity index (χ4n) is 5.95. The third-order valence-electron chi connectivity index (χ3n) is 9.17. The van der Waals surface area contributed by atoms with Crippen molar-refractivity contribution in [3.63, 3.8) is 0 Å². The summed E-state index contributed by atoms with van der Waals surface area (Å²) in [5.74, 6) is -0.487. The SMILES string of the molecule is CCCCC/C=C\C=C\C(=O)CCCCCCCC(=O)OC[C@H](O)COC(=O)CCCCCCCCCCCCCCCCCCCCC. The standard InChI is InChI=1S/C43H78O6/c1-3-5-7-9-11-12-13-14-15-16-17-18-19-20-21-22-24-28-32-36-42(46)48-38-41(45)39-49-43(47)37-33-29-25-27-31-35-40(44)34-30-26-23-10-8-6-4-2/h23,26,30,34,41,45H,3-22,24-25,27-29,31-33,35-39H2,1-2H3/b26-23-,34-30+/t41-/m1/s1. The van der Waals surface area contributed by atoms with Gasteiger partial charge in [0.05, 0.1) is 0 Å². The van der Waals surface area contributed by atoms with E-state index in [1.165, 1.54) is 122 Å². The van der Waals surface area contributed by atoms with Crippen molar-refractivity contribution in [2.24, 2.45) is 0 Å². The van der Waals surface area contributed by atoms with E-state index in [2.05, 4.69) is 19.9 Å². The zero-order valence-electron chi connectivity index (χ0n) is 32.2. The number of aliphatic hydroxyl groups excluding tert-OH is 1. The van der Waals surface area contributed by atoms with Crippen LogP contribution in [-0.4, -0.2) is 42.1 Å². The second kappa shape index (κ2) is 38.8. The summed E-state index contributed by atoms with van der Waals surface area (Å²) in [6.07, 6.45) is 42.0. The van der Waals surface area contributed by atoms with Crippen LogP contribution in [0.5, 0.6) is 0 Å². The van der Waals surface area contributed by atoms with E-state index in [0.717, 1.165) is 57.8 Å². The van der Waals surface area contributed by atoms with Crippen molar-refractivity contribution < 1.29 is 29.0 Å². The van der Waals surface area contributed by atoms with Gasteiger partial charge in [-0.15, -0.1) is 0 Å². The fourth-order valence-corrected chi connectivity index (χ4v) is 5.95. The van der Waals surface area contributed by atoms with Crippen molar-refractivity contribution in [3.8, 4) is 0 Å². The lowest BCUT2D eigenvalue weighted by molar-refractivity contribution is -0.152. The number of unbranched alkanes of at least 4 members (excludes halogenated alkanes) is 25. The molecule has 0 aromatic carbocycles. The summed E-state index contributed by atoms with van der Waals surface area (Å²) in [6, 6.07) is 0. The number of ketones is 1. The number of carbonyl (C=O) groups is 3. The molecule has 286 valence electrons. The Hall–Kier alpha value is -1.95. The van der Waals surface area contributed by atoms with E-state index < -0.39 is 6.10 Å². The lowest BCUT2D eigenvalue weighted by Gasteiger charge is -2.12. The Bertz CT molecular complexity index is 804. The molecule has 0 saturated carbocycles. The Morgan fingerprint density at radius 3 is 1.22 bits per heavy atom. The number of allylic oxidation sites excluding steroid dienone is 4. The molecular formula is C43H78O6. The van der Waals surface area contributed by atoms with Crippen LogP contribution in [0.15, 0.2) is 24.3 Å². The maximum atomic E-state index is 12.0. The number of hydrogen-bond acceptors (Lipinski definition) is 6. The lowest BCUT2D eigenvalue weighted by atomic mass is 10.0. The van der Waals surface area contributed by atoms with E-state index in [-0.39, 0.29) is 30.9 Å². The van der Waals surface area contributed by atoms with E-state index >= 15 is 0 Å². The van der Waals surface area contributed by atoms with Gasteiger partial charge in [0.1, 0.15) is 19.3 Å². The third-order valence-corrected chi connectivity index (χ3v) is 9.17. The van der Waals surface area contributed by atoms with Crippen LogP contribution in [0.25, 0.3) is 0 Å². The predicted molar refractivity (Wildman–Crippen MR) is 206 cm³/mol. The smallest absolute Gasteiger partial charge is 0.305 e. The zero-order valence-corrected chi connectivity index (χ0v) is 32.2. The maximum Gasteiger partial charge on any atom is 0.305 e. The van der Waals surface area contributed by atoms with Crippen molar-refractivity contribution in [1.82, 2.24) is 0 Å². The number of carbonyl (C=O) groups excluding carboxylic acids is 3. The van der Waals surface area contributed by atoms with E-state index in [0.29, 0.717) is 19.3 Å². The van der Waals surface area contributed by atoms with Gasteiger partial charge in [0, 0.05) is 19.3 Å². The molecule has 0 aliphatic carbocycles. The molecule has 0 bridgehead atoms. The highest BCUT2D eigenvalue weighted by Gasteiger charge is 2.12. The summed E-state index contributed by atoms with van der Waals surface area (Å²) < 4.78 is 10.3. The molecular weight excluding hydrogens is 612 g/mol. The van der Waals surface area contributed by atoms with Crippen molar-refractivity contribution in [3.05, 3.63) is 24.3 Å². The molecule has 6 heteroatoms. The summed E-state index contributed by atoms with van der Waals surface area (Å²) in [5, 5.41) is 10.0. The molecule has 1 atom stereocenters. The molecule has 0 radical (unpaired) electrons. The Morgan fingerprint density at radius 1 is 0.469 bits per heavy atom. The minimum atomic E-state index is -0.999. The highest BCUT2D eigenvalue weighted by atomic mass is 16.6. The van der Waals surface area contributed by atoms with Crippen LogP contribution in [-0.2, 0) is 23.9 Å². The molecule has 0 aromatic heterocycles. The minimum absolute atomic E-state index is 0.144. The van der Waals surface area contributed by atoms with Crippen LogP contribution in [0.3, 0.4) is 0 Å². The van der Waals surface area contributed by atoms with Gasteiger partial charge in [-0.3, -0.25) is 14.4 Å². The lowest BCUT2D eigenvalue weighted by Crippen LogP contribution is -2.25. The largest absolute Gasteiger partial charge is 0.463 e. The van der Waals surface area contributed by atoms with Gasteiger partial charge in [-0.05, 0) is 38.2 Å². The summed E-state index contributed by atoms with van der Waals surface area (Å²) >= 11 is 0. The molecule has 0 spiro atoms. The number of hydrogen-bond donors (Lipinski definition) is 1. The topological polar surface area (TPSA) is 89.9 Å². The highest BCUT2D eigenvalue weighted by Crippen LogP contribution is 2.15. The van der Waals surface area contributed by atoms with Crippen molar-refractivity contribution >= 4 is 17.7 Å². The molecule has 0 aromatic rings. The number of rotatable bonds is 38. The number of esters is 2. The van der Waals surface area contributed by atoms with Crippen molar-refractivity contribution in [2.75, 3.05) is 13.2 Å². The van der Waals surface area contributed by atoms with Crippen LogP contribution < -0.4 is 0 Å². The third kappa shape index (κ3) is 38.7. The molecule has 6 nitrogen and oxygen atoms in total. The summed E-state index contributed by atoms with van der Waals surface area (Å²) in [4.78, 5) is 35.9. The van der Waals surface area contributed by atoms with E-state index in [4.69, 9.17) is 9.47 Å². The molecule has 1 N–H and O–H groups in total.